The highest BCUT2D eigenvalue weighted by Crippen LogP contribution is 2.27. The second-order valence-electron chi connectivity index (χ2n) is 4.30. The van der Waals surface area contributed by atoms with Gasteiger partial charge in [0, 0.05) is 24.3 Å². The molecule has 1 aromatic carbocycles. The van der Waals surface area contributed by atoms with Crippen LogP contribution in [-0.2, 0) is 0 Å². The molecule has 1 N–H and O–H groups in total. The lowest BCUT2D eigenvalue weighted by Gasteiger charge is -2.26. The Kier molecular flexibility index (Phi) is 5.41. The van der Waals surface area contributed by atoms with Gasteiger partial charge in [0.05, 0.1) is 17.7 Å². The van der Waals surface area contributed by atoms with Crippen LogP contribution in [0, 0.1) is 11.3 Å². The van der Waals surface area contributed by atoms with E-state index in [1.165, 1.54) is 0 Å². The Morgan fingerprint density at radius 3 is 2.78 bits per heavy atom. The van der Waals surface area contributed by atoms with Crippen LogP contribution in [0.25, 0.3) is 0 Å². The van der Waals surface area contributed by atoms with E-state index in [0.29, 0.717) is 12.1 Å². The van der Waals surface area contributed by atoms with E-state index in [-0.39, 0.29) is 0 Å². The highest BCUT2D eigenvalue weighted by molar-refractivity contribution is 5.58. The van der Waals surface area contributed by atoms with Crippen molar-refractivity contribution in [2.75, 3.05) is 18.0 Å². The number of anilines is 1. The standard InChI is InChI=1S/C15H20N2O/c1-4-8-17(9-5-2)15-10-13(11-16)6-7-14(15)12(3)18/h4,6-7,10,12,18H,1,5,8-9H2,2-3H3/t12-/m0/s1. The number of nitriles is 1. The SMILES string of the molecule is C=CCN(CCC)c1cc(C#N)ccc1[C@H](C)O. The molecular formula is C15H20N2O. The van der Waals surface area contributed by atoms with Crippen molar-refractivity contribution >= 4 is 5.69 Å². The van der Waals surface area contributed by atoms with Crippen LogP contribution in [0.3, 0.4) is 0 Å². The molecular weight excluding hydrogens is 224 g/mol. The first kappa shape index (κ1) is 14.3. The van der Waals surface area contributed by atoms with E-state index in [1.54, 1.807) is 13.0 Å². The Bertz CT molecular complexity index is 446. The van der Waals surface area contributed by atoms with Gasteiger partial charge in [-0.2, -0.15) is 5.26 Å². The minimum Gasteiger partial charge on any atom is -0.389 e. The van der Waals surface area contributed by atoms with Crippen molar-refractivity contribution in [2.45, 2.75) is 26.4 Å². The van der Waals surface area contributed by atoms with Crippen LogP contribution in [0.15, 0.2) is 30.9 Å². The third-order valence-electron chi connectivity index (χ3n) is 2.79. The molecule has 3 nitrogen and oxygen atoms in total. The average Bonchev–Trinajstić information content (AvgIpc) is 2.37. The van der Waals surface area contributed by atoms with Crippen LogP contribution in [0.1, 0.15) is 37.5 Å². The summed E-state index contributed by atoms with van der Waals surface area (Å²) in [6.45, 7) is 9.19. The number of aliphatic hydroxyl groups is 1. The largest absolute Gasteiger partial charge is 0.389 e. The van der Waals surface area contributed by atoms with Gasteiger partial charge in [0.2, 0.25) is 0 Å². The van der Waals surface area contributed by atoms with Crippen LogP contribution in [0.5, 0.6) is 0 Å². The molecule has 1 rings (SSSR count). The molecule has 18 heavy (non-hydrogen) atoms. The second kappa shape index (κ2) is 6.83. The summed E-state index contributed by atoms with van der Waals surface area (Å²) in [7, 11) is 0. The molecule has 0 aliphatic heterocycles. The van der Waals surface area contributed by atoms with E-state index < -0.39 is 6.10 Å². The number of hydrogen-bond donors (Lipinski definition) is 1. The summed E-state index contributed by atoms with van der Waals surface area (Å²) in [6.07, 6.45) is 2.29. The van der Waals surface area contributed by atoms with E-state index in [9.17, 15) is 5.11 Å². The minimum absolute atomic E-state index is 0.545. The van der Waals surface area contributed by atoms with Crippen molar-refractivity contribution in [1.29, 1.82) is 5.26 Å². The monoisotopic (exact) mass is 244 g/mol. The zero-order chi connectivity index (χ0) is 13.5. The normalized spacial score (nSPS) is 11.7. The maximum absolute atomic E-state index is 9.82. The molecule has 3 heteroatoms. The predicted octanol–water partition coefficient (Wildman–Crippen LogP) is 3.01. The van der Waals surface area contributed by atoms with Gasteiger partial charge in [0.15, 0.2) is 0 Å². The number of rotatable bonds is 6. The van der Waals surface area contributed by atoms with Gasteiger partial charge in [-0.25, -0.2) is 0 Å². The van der Waals surface area contributed by atoms with E-state index in [1.807, 2.05) is 18.2 Å². The summed E-state index contributed by atoms with van der Waals surface area (Å²) in [5.41, 5.74) is 2.38. The molecule has 0 unspecified atom stereocenters. The molecule has 0 heterocycles. The summed E-state index contributed by atoms with van der Waals surface area (Å²) in [4.78, 5) is 2.13. The van der Waals surface area contributed by atoms with Gasteiger partial charge in [-0.15, -0.1) is 6.58 Å². The van der Waals surface area contributed by atoms with Gasteiger partial charge >= 0.3 is 0 Å². The molecule has 0 aliphatic rings. The Morgan fingerprint density at radius 1 is 1.56 bits per heavy atom. The smallest absolute Gasteiger partial charge is 0.0992 e. The minimum atomic E-state index is -0.545. The molecule has 0 spiro atoms. The zero-order valence-corrected chi connectivity index (χ0v) is 11.1. The van der Waals surface area contributed by atoms with Crippen molar-refractivity contribution in [1.82, 2.24) is 0 Å². The van der Waals surface area contributed by atoms with Crippen molar-refractivity contribution in [3.8, 4) is 6.07 Å². The van der Waals surface area contributed by atoms with Gasteiger partial charge in [0.1, 0.15) is 0 Å². The third kappa shape index (κ3) is 3.35. The molecule has 1 atom stereocenters. The summed E-state index contributed by atoms with van der Waals surface area (Å²) < 4.78 is 0. The topological polar surface area (TPSA) is 47.3 Å². The van der Waals surface area contributed by atoms with Crippen molar-refractivity contribution in [2.24, 2.45) is 0 Å². The lowest BCUT2D eigenvalue weighted by molar-refractivity contribution is 0.199. The summed E-state index contributed by atoms with van der Waals surface area (Å²) in [5.74, 6) is 0. The number of benzene rings is 1. The molecule has 0 saturated carbocycles. The maximum atomic E-state index is 9.82. The van der Waals surface area contributed by atoms with Crippen LogP contribution in [0.4, 0.5) is 5.69 Å². The first-order valence-corrected chi connectivity index (χ1v) is 6.22. The van der Waals surface area contributed by atoms with E-state index in [2.05, 4.69) is 24.5 Å². The zero-order valence-electron chi connectivity index (χ0n) is 11.1. The van der Waals surface area contributed by atoms with Crippen molar-refractivity contribution < 1.29 is 5.11 Å². The molecule has 0 radical (unpaired) electrons. The Morgan fingerprint density at radius 2 is 2.28 bits per heavy atom. The van der Waals surface area contributed by atoms with Crippen molar-refractivity contribution in [3.05, 3.63) is 42.0 Å². The predicted molar refractivity (Wildman–Crippen MR) is 74.5 cm³/mol. The first-order valence-electron chi connectivity index (χ1n) is 6.22. The molecule has 1 aromatic rings. The lowest BCUT2D eigenvalue weighted by Crippen LogP contribution is -2.25. The first-order chi connectivity index (χ1) is 8.63. The van der Waals surface area contributed by atoms with Crippen LogP contribution in [0.2, 0.25) is 0 Å². The van der Waals surface area contributed by atoms with E-state index >= 15 is 0 Å². The third-order valence-corrected chi connectivity index (χ3v) is 2.79. The summed E-state index contributed by atoms with van der Waals surface area (Å²) in [6, 6.07) is 7.54. The fraction of sp³-hybridized carbons (Fsp3) is 0.400. The number of hydrogen-bond acceptors (Lipinski definition) is 3. The highest BCUT2D eigenvalue weighted by Gasteiger charge is 2.14. The maximum Gasteiger partial charge on any atom is 0.0992 e. The van der Waals surface area contributed by atoms with Crippen LogP contribution < -0.4 is 4.90 Å². The Balaban J connectivity index is 3.23. The number of aliphatic hydroxyl groups excluding tert-OH is 1. The fourth-order valence-corrected chi connectivity index (χ4v) is 1.98. The van der Waals surface area contributed by atoms with Gasteiger partial charge in [0.25, 0.3) is 0 Å². The summed E-state index contributed by atoms with van der Waals surface area (Å²) in [5, 5.41) is 18.8. The Hall–Kier alpha value is -1.79. The Labute approximate surface area is 109 Å². The highest BCUT2D eigenvalue weighted by atomic mass is 16.3. The average molecular weight is 244 g/mol. The van der Waals surface area contributed by atoms with E-state index in [4.69, 9.17) is 5.26 Å². The van der Waals surface area contributed by atoms with Gasteiger partial charge in [-0.3, -0.25) is 0 Å². The van der Waals surface area contributed by atoms with Gasteiger partial charge < -0.3 is 10.0 Å². The fourth-order valence-electron chi connectivity index (χ4n) is 1.98. The van der Waals surface area contributed by atoms with Gasteiger partial charge in [-0.05, 0) is 25.5 Å². The molecule has 0 aliphatic carbocycles. The van der Waals surface area contributed by atoms with Crippen LogP contribution in [-0.4, -0.2) is 18.2 Å². The number of nitrogens with zero attached hydrogens (tertiary/aromatic N) is 2. The molecule has 0 amide bonds. The molecule has 0 saturated heterocycles. The molecule has 0 bridgehead atoms. The van der Waals surface area contributed by atoms with Gasteiger partial charge in [-0.1, -0.05) is 19.1 Å². The van der Waals surface area contributed by atoms with E-state index in [0.717, 1.165) is 24.2 Å². The molecule has 96 valence electrons. The van der Waals surface area contributed by atoms with Crippen LogP contribution >= 0.6 is 0 Å². The quantitative estimate of drug-likeness (QED) is 0.782. The van der Waals surface area contributed by atoms with Crippen molar-refractivity contribution in [3.63, 3.8) is 0 Å². The summed E-state index contributed by atoms with van der Waals surface area (Å²) >= 11 is 0. The molecule has 0 aromatic heterocycles. The molecule has 0 fully saturated rings. The second-order valence-corrected chi connectivity index (χ2v) is 4.30. The lowest BCUT2D eigenvalue weighted by atomic mass is 10.0.